The van der Waals surface area contributed by atoms with Gasteiger partial charge in [0.25, 0.3) is 0 Å². The molecular formula is C20H22N2OS. The summed E-state index contributed by atoms with van der Waals surface area (Å²) in [6.07, 6.45) is 0.595. The fourth-order valence-corrected chi connectivity index (χ4v) is 4.53. The van der Waals surface area contributed by atoms with E-state index in [4.69, 9.17) is 0 Å². The van der Waals surface area contributed by atoms with Crippen LogP contribution in [0.2, 0.25) is 0 Å². The molecule has 124 valence electrons. The fourth-order valence-electron chi connectivity index (χ4n) is 3.58. The Labute approximate surface area is 147 Å². The van der Waals surface area contributed by atoms with Crippen molar-refractivity contribution in [3.05, 3.63) is 59.7 Å². The highest BCUT2D eigenvalue weighted by molar-refractivity contribution is 7.99. The van der Waals surface area contributed by atoms with Crippen LogP contribution < -0.4 is 5.32 Å². The second kappa shape index (κ2) is 6.99. The molecule has 2 aromatic carbocycles. The summed E-state index contributed by atoms with van der Waals surface area (Å²) in [6.45, 7) is 2.40. The van der Waals surface area contributed by atoms with Crippen LogP contribution in [0.5, 0.6) is 0 Å². The molecule has 2 heterocycles. The van der Waals surface area contributed by atoms with Crippen LogP contribution in [0, 0.1) is 0 Å². The monoisotopic (exact) mass is 338 g/mol. The molecule has 1 unspecified atom stereocenters. The zero-order chi connectivity index (χ0) is 16.4. The molecule has 1 atom stereocenters. The van der Waals surface area contributed by atoms with Gasteiger partial charge in [-0.05, 0) is 22.3 Å². The lowest BCUT2D eigenvalue weighted by molar-refractivity contribution is -0.132. The van der Waals surface area contributed by atoms with Crippen LogP contribution in [-0.4, -0.2) is 34.9 Å². The molecule has 1 amide bonds. The average Bonchev–Trinajstić information content (AvgIpc) is 2.79. The SMILES string of the molecule is O=C(CC1CSCCN1)N1Cc2ccccc2-c2ccccc2C1. The van der Waals surface area contributed by atoms with Crippen LogP contribution in [0.4, 0.5) is 0 Å². The lowest BCUT2D eigenvalue weighted by atomic mass is 9.97. The Balaban J connectivity index is 1.61. The number of hydrogen-bond donors (Lipinski definition) is 1. The Morgan fingerprint density at radius 1 is 1.04 bits per heavy atom. The van der Waals surface area contributed by atoms with Gasteiger partial charge in [0.15, 0.2) is 0 Å². The van der Waals surface area contributed by atoms with Gasteiger partial charge in [-0.25, -0.2) is 0 Å². The van der Waals surface area contributed by atoms with Crippen LogP contribution in [0.15, 0.2) is 48.5 Å². The minimum atomic E-state index is 0.251. The van der Waals surface area contributed by atoms with Crippen molar-refractivity contribution in [2.45, 2.75) is 25.6 Å². The first-order valence-corrected chi connectivity index (χ1v) is 9.72. The molecule has 1 saturated heterocycles. The molecule has 2 aliphatic heterocycles. The topological polar surface area (TPSA) is 32.3 Å². The molecule has 2 aliphatic rings. The van der Waals surface area contributed by atoms with Gasteiger partial charge in [0.2, 0.25) is 5.91 Å². The molecule has 0 radical (unpaired) electrons. The van der Waals surface area contributed by atoms with Crippen molar-refractivity contribution in [2.75, 3.05) is 18.1 Å². The fraction of sp³-hybridized carbons (Fsp3) is 0.350. The predicted molar refractivity (Wildman–Crippen MR) is 99.9 cm³/mol. The molecule has 0 bridgehead atoms. The number of nitrogens with one attached hydrogen (secondary N) is 1. The van der Waals surface area contributed by atoms with Crippen LogP contribution in [-0.2, 0) is 17.9 Å². The maximum atomic E-state index is 12.9. The molecule has 3 nitrogen and oxygen atoms in total. The van der Waals surface area contributed by atoms with Crippen LogP contribution >= 0.6 is 11.8 Å². The van der Waals surface area contributed by atoms with E-state index in [1.807, 2.05) is 16.7 Å². The van der Waals surface area contributed by atoms with Gasteiger partial charge in [0, 0.05) is 43.6 Å². The normalized spacial score (nSPS) is 20.0. The van der Waals surface area contributed by atoms with E-state index in [1.165, 1.54) is 22.3 Å². The number of fused-ring (bicyclic) bond motifs is 3. The van der Waals surface area contributed by atoms with Gasteiger partial charge in [-0.1, -0.05) is 48.5 Å². The standard InChI is InChI=1S/C20H22N2OS/c23-20(11-17-14-24-10-9-21-17)22-12-15-5-1-3-7-18(15)19-8-4-2-6-16(19)13-22/h1-8,17,21H,9-14H2. The number of carbonyl (C=O) groups is 1. The Kier molecular flexibility index (Phi) is 4.58. The molecule has 0 aromatic heterocycles. The van der Waals surface area contributed by atoms with Crippen molar-refractivity contribution >= 4 is 17.7 Å². The molecule has 1 fully saturated rings. The van der Waals surface area contributed by atoms with Gasteiger partial charge < -0.3 is 10.2 Å². The van der Waals surface area contributed by atoms with E-state index < -0.39 is 0 Å². The summed E-state index contributed by atoms with van der Waals surface area (Å²) < 4.78 is 0. The number of nitrogens with zero attached hydrogens (tertiary/aromatic N) is 1. The van der Waals surface area contributed by atoms with E-state index in [9.17, 15) is 4.79 Å². The van der Waals surface area contributed by atoms with Crippen molar-refractivity contribution in [1.82, 2.24) is 10.2 Å². The number of carbonyl (C=O) groups excluding carboxylic acids is 1. The Hall–Kier alpha value is -1.78. The van der Waals surface area contributed by atoms with E-state index in [-0.39, 0.29) is 5.91 Å². The Morgan fingerprint density at radius 2 is 1.67 bits per heavy atom. The summed E-state index contributed by atoms with van der Waals surface area (Å²) in [5, 5.41) is 3.47. The van der Waals surface area contributed by atoms with E-state index in [0.29, 0.717) is 25.6 Å². The first-order valence-electron chi connectivity index (χ1n) is 8.56. The highest BCUT2D eigenvalue weighted by atomic mass is 32.2. The Morgan fingerprint density at radius 3 is 2.25 bits per heavy atom. The maximum Gasteiger partial charge on any atom is 0.224 e. The summed E-state index contributed by atoms with van der Waals surface area (Å²) in [7, 11) is 0. The summed E-state index contributed by atoms with van der Waals surface area (Å²) in [5.41, 5.74) is 4.99. The number of amides is 1. The van der Waals surface area contributed by atoms with Crippen molar-refractivity contribution in [3.8, 4) is 11.1 Å². The van der Waals surface area contributed by atoms with Crippen LogP contribution in [0.25, 0.3) is 11.1 Å². The van der Waals surface area contributed by atoms with Gasteiger partial charge in [0.1, 0.15) is 0 Å². The molecule has 0 aliphatic carbocycles. The smallest absolute Gasteiger partial charge is 0.224 e. The quantitative estimate of drug-likeness (QED) is 0.912. The molecule has 24 heavy (non-hydrogen) atoms. The highest BCUT2D eigenvalue weighted by Crippen LogP contribution is 2.32. The largest absolute Gasteiger partial charge is 0.334 e. The van der Waals surface area contributed by atoms with Gasteiger partial charge >= 0.3 is 0 Å². The third-order valence-electron chi connectivity index (χ3n) is 4.82. The first kappa shape index (κ1) is 15.7. The van der Waals surface area contributed by atoms with E-state index in [0.717, 1.165) is 18.1 Å². The molecule has 0 spiro atoms. The van der Waals surface area contributed by atoms with Crippen molar-refractivity contribution in [1.29, 1.82) is 0 Å². The molecule has 4 rings (SSSR count). The minimum absolute atomic E-state index is 0.251. The van der Waals surface area contributed by atoms with Crippen LogP contribution in [0.3, 0.4) is 0 Å². The van der Waals surface area contributed by atoms with Crippen molar-refractivity contribution in [2.24, 2.45) is 0 Å². The second-order valence-corrected chi connectivity index (χ2v) is 7.64. The molecule has 2 aromatic rings. The second-order valence-electron chi connectivity index (χ2n) is 6.49. The summed E-state index contributed by atoms with van der Waals surface area (Å²) in [5.74, 6) is 2.43. The summed E-state index contributed by atoms with van der Waals surface area (Å²) in [4.78, 5) is 14.9. The van der Waals surface area contributed by atoms with Crippen LogP contribution in [0.1, 0.15) is 17.5 Å². The van der Waals surface area contributed by atoms with E-state index >= 15 is 0 Å². The first-order chi connectivity index (χ1) is 11.8. The lowest BCUT2D eigenvalue weighted by Gasteiger charge is -2.27. The molecule has 4 heteroatoms. The third kappa shape index (κ3) is 3.21. The van der Waals surface area contributed by atoms with Crippen molar-refractivity contribution < 1.29 is 4.79 Å². The number of thioether (sulfide) groups is 1. The van der Waals surface area contributed by atoms with E-state index in [1.54, 1.807) is 0 Å². The highest BCUT2D eigenvalue weighted by Gasteiger charge is 2.25. The summed E-state index contributed by atoms with van der Waals surface area (Å²) in [6, 6.07) is 17.2. The van der Waals surface area contributed by atoms with Crippen molar-refractivity contribution in [3.63, 3.8) is 0 Å². The van der Waals surface area contributed by atoms with Gasteiger partial charge in [-0.3, -0.25) is 4.79 Å². The molecule has 0 saturated carbocycles. The zero-order valence-corrected chi connectivity index (χ0v) is 14.5. The number of hydrogen-bond acceptors (Lipinski definition) is 3. The lowest BCUT2D eigenvalue weighted by Crippen LogP contribution is -2.42. The Bertz CT molecular complexity index is 692. The minimum Gasteiger partial charge on any atom is -0.334 e. The zero-order valence-electron chi connectivity index (χ0n) is 13.7. The molecule has 1 N–H and O–H groups in total. The van der Waals surface area contributed by atoms with Gasteiger partial charge in [-0.15, -0.1) is 0 Å². The maximum absolute atomic E-state index is 12.9. The third-order valence-corrected chi connectivity index (χ3v) is 5.95. The van der Waals surface area contributed by atoms with Gasteiger partial charge in [0.05, 0.1) is 0 Å². The van der Waals surface area contributed by atoms with E-state index in [2.05, 4.69) is 53.8 Å². The molecular weight excluding hydrogens is 316 g/mol. The number of rotatable bonds is 2. The average molecular weight is 338 g/mol. The summed E-state index contributed by atoms with van der Waals surface area (Å²) >= 11 is 1.94. The van der Waals surface area contributed by atoms with Gasteiger partial charge in [-0.2, -0.15) is 11.8 Å². The number of benzene rings is 2. The predicted octanol–water partition coefficient (Wildman–Crippen LogP) is 3.29.